The molecule has 26 heavy (non-hydrogen) atoms. The molecular weight excluding hydrogens is 344 g/mol. The van der Waals surface area contributed by atoms with E-state index in [0.29, 0.717) is 25.8 Å². The Morgan fingerprint density at radius 3 is 2.54 bits per heavy atom. The second kappa shape index (κ2) is 12.6. The Balaban J connectivity index is 2.17. The van der Waals surface area contributed by atoms with Crippen molar-refractivity contribution in [2.24, 2.45) is 5.73 Å². The van der Waals surface area contributed by atoms with Gasteiger partial charge in [0.25, 0.3) is 0 Å². The monoisotopic (exact) mass is 378 g/mol. The van der Waals surface area contributed by atoms with Crippen molar-refractivity contribution in [1.29, 1.82) is 0 Å². The Morgan fingerprint density at radius 1 is 1.15 bits per heavy atom. The number of hydrogen-bond acceptors (Lipinski definition) is 8. The van der Waals surface area contributed by atoms with Crippen molar-refractivity contribution >= 4 is 5.91 Å². The van der Waals surface area contributed by atoms with Crippen molar-refractivity contribution in [3.63, 3.8) is 0 Å². The first kappa shape index (κ1) is 23.2. The molecule has 1 amide bonds. The molecule has 1 heterocycles. The molecule has 1 aliphatic heterocycles. The lowest BCUT2D eigenvalue weighted by Gasteiger charge is -2.39. The maximum Gasteiger partial charge on any atom is 0.220 e. The molecule has 1 aliphatic rings. The summed E-state index contributed by atoms with van der Waals surface area (Å²) in [6.45, 7) is 2.36. The summed E-state index contributed by atoms with van der Waals surface area (Å²) in [7, 11) is 0. The zero-order valence-corrected chi connectivity index (χ0v) is 15.4. The van der Waals surface area contributed by atoms with Crippen LogP contribution in [0.4, 0.5) is 0 Å². The van der Waals surface area contributed by atoms with Crippen molar-refractivity contribution in [3.05, 3.63) is 0 Å². The topological polar surface area (TPSA) is 154 Å². The second-order valence-electron chi connectivity index (χ2n) is 6.78. The number of carbonyl (C=O) groups excluding carboxylic acids is 1. The van der Waals surface area contributed by atoms with Crippen LogP contribution in [0.5, 0.6) is 0 Å². The molecule has 1 fully saturated rings. The minimum Gasteiger partial charge on any atom is -0.394 e. The van der Waals surface area contributed by atoms with Gasteiger partial charge in [0, 0.05) is 19.1 Å². The molecule has 154 valence electrons. The van der Waals surface area contributed by atoms with Crippen LogP contribution in [0.1, 0.15) is 45.4 Å². The van der Waals surface area contributed by atoms with Gasteiger partial charge in [-0.3, -0.25) is 4.79 Å². The summed E-state index contributed by atoms with van der Waals surface area (Å²) in [4.78, 5) is 11.8. The van der Waals surface area contributed by atoms with E-state index in [1.54, 1.807) is 0 Å². The van der Waals surface area contributed by atoms with Crippen LogP contribution in [0.3, 0.4) is 0 Å². The summed E-state index contributed by atoms with van der Waals surface area (Å²) in [6, 6.07) is 0.124. The molecule has 0 radical (unpaired) electrons. The molecule has 9 nitrogen and oxygen atoms in total. The molecule has 5 unspecified atom stereocenters. The number of aliphatic hydroxyl groups is 4. The third-order valence-corrected chi connectivity index (χ3v) is 4.43. The Kier molecular flexibility index (Phi) is 11.2. The minimum absolute atomic E-state index is 0.0157. The van der Waals surface area contributed by atoms with Crippen LogP contribution in [-0.2, 0) is 14.3 Å². The number of amides is 1. The third-order valence-electron chi connectivity index (χ3n) is 4.43. The number of unbranched alkanes of at least 4 members (excludes halogenated alkanes) is 2. The average molecular weight is 378 g/mol. The second-order valence-corrected chi connectivity index (χ2v) is 6.78. The van der Waals surface area contributed by atoms with E-state index in [1.165, 1.54) is 0 Å². The van der Waals surface area contributed by atoms with E-state index in [-0.39, 0.29) is 18.6 Å². The molecule has 0 saturated carbocycles. The van der Waals surface area contributed by atoms with E-state index < -0.39 is 37.3 Å². The van der Waals surface area contributed by atoms with Gasteiger partial charge in [0.15, 0.2) is 6.29 Å². The van der Waals surface area contributed by atoms with Crippen LogP contribution in [0, 0.1) is 0 Å². The van der Waals surface area contributed by atoms with Gasteiger partial charge in [0.2, 0.25) is 5.91 Å². The van der Waals surface area contributed by atoms with Crippen LogP contribution < -0.4 is 11.1 Å². The fourth-order valence-corrected chi connectivity index (χ4v) is 2.81. The van der Waals surface area contributed by atoms with Gasteiger partial charge < -0.3 is 41.0 Å². The lowest BCUT2D eigenvalue weighted by molar-refractivity contribution is -0.301. The smallest absolute Gasteiger partial charge is 0.220 e. The summed E-state index contributed by atoms with van der Waals surface area (Å²) >= 11 is 0. The van der Waals surface area contributed by atoms with E-state index >= 15 is 0 Å². The molecule has 0 aromatic carbocycles. The molecule has 0 aromatic heterocycles. The van der Waals surface area contributed by atoms with E-state index in [4.69, 9.17) is 20.3 Å². The van der Waals surface area contributed by atoms with Gasteiger partial charge >= 0.3 is 0 Å². The van der Waals surface area contributed by atoms with Crippen molar-refractivity contribution in [3.8, 4) is 0 Å². The summed E-state index contributed by atoms with van der Waals surface area (Å²) in [5.41, 5.74) is 5.44. The largest absolute Gasteiger partial charge is 0.394 e. The molecule has 1 rings (SSSR count). The fourth-order valence-electron chi connectivity index (χ4n) is 2.81. The zero-order chi connectivity index (χ0) is 19.5. The van der Waals surface area contributed by atoms with Gasteiger partial charge in [0.1, 0.15) is 24.4 Å². The van der Waals surface area contributed by atoms with Gasteiger partial charge in [-0.05, 0) is 39.2 Å². The lowest BCUT2D eigenvalue weighted by atomic mass is 9.99. The van der Waals surface area contributed by atoms with Crippen molar-refractivity contribution in [1.82, 2.24) is 5.32 Å². The third kappa shape index (κ3) is 7.83. The van der Waals surface area contributed by atoms with Crippen molar-refractivity contribution < 1.29 is 34.7 Å². The van der Waals surface area contributed by atoms with Crippen LogP contribution in [-0.4, -0.2) is 82.8 Å². The Labute approximate surface area is 154 Å². The number of aliphatic hydroxyl groups excluding tert-OH is 4. The molecule has 0 spiro atoms. The highest BCUT2D eigenvalue weighted by molar-refractivity contribution is 5.76. The Bertz CT molecular complexity index is 397. The maximum absolute atomic E-state index is 11.8. The Morgan fingerprint density at radius 2 is 1.88 bits per heavy atom. The van der Waals surface area contributed by atoms with Gasteiger partial charge in [-0.15, -0.1) is 0 Å². The van der Waals surface area contributed by atoms with Crippen LogP contribution in [0.25, 0.3) is 0 Å². The average Bonchev–Trinajstić information content (AvgIpc) is 2.61. The lowest BCUT2D eigenvalue weighted by Crippen LogP contribution is -2.59. The highest BCUT2D eigenvalue weighted by atomic mass is 16.7. The molecule has 0 aliphatic carbocycles. The van der Waals surface area contributed by atoms with Gasteiger partial charge in [-0.2, -0.15) is 0 Å². The number of rotatable bonds is 12. The van der Waals surface area contributed by atoms with E-state index in [1.807, 2.05) is 6.92 Å². The minimum atomic E-state index is -1.45. The SMILES string of the molecule is C[C@@H](CCCCN)NC(=O)CCCCOC1OC(CO)C(O)C(O)C1O. The molecular formula is C17H34N2O7. The van der Waals surface area contributed by atoms with Crippen molar-refractivity contribution in [2.75, 3.05) is 19.8 Å². The molecule has 9 heteroatoms. The highest BCUT2D eigenvalue weighted by Crippen LogP contribution is 2.22. The number of ether oxygens (including phenoxy) is 2. The van der Waals surface area contributed by atoms with E-state index in [0.717, 1.165) is 19.3 Å². The number of carbonyl (C=O) groups is 1. The summed E-state index contributed by atoms with van der Waals surface area (Å²) in [5, 5.41) is 41.2. The summed E-state index contributed by atoms with van der Waals surface area (Å²) in [6.07, 6.45) is -1.94. The first-order valence-corrected chi connectivity index (χ1v) is 9.32. The predicted octanol–water partition coefficient (Wildman–Crippen LogP) is -1.39. The normalized spacial score (nSPS) is 30.2. The summed E-state index contributed by atoms with van der Waals surface area (Å²) < 4.78 is 10.6. The highest BCUT2D eigenvalue weighted by Gasteiger charge is 2.43. The van der Waals surface area contributed by atoms with Gasteiger partial charge in [-0.25, -0.2) is 0 Å². The number of nitrogens with one attached hydrogen (secondary N) is 1. The number of hydrogen-bond donors (Lipinski definition) is 6. The predicted molar refractivity (Wildman–Crippen MR) is 94.1 cm³/mol. The molecule has 1 saturated heterocycles. The van der Waals surface area contributed by atoms with Gasteiger partial charge in [0.05, 0.1) is 6.61 Å². The standard InChI is InChI=1S/C17H34N2O7/c1-11(6-2-4-8-18)19-13(21)7-3-5-9-25-17-16(24)15(23)14(22)12(10-20)26-17/h11-12,14-17,20,22-24H,2-10,18H2,1H3,(H,19,21)/t11-,12?,14?,15?,16?,17?/m0/s1. The van der Waals surface area contributed by atoms with E-state index in [2.05, 4.69) is 5.32 Å². The first-order chi connectivity index (χ1) is 12.4. The van der Waals surface area contributed by atoms with Gasteiger partial charge in [-0.1, -0.05) is 6.42 Å². The number of nitrogens with two attached hydrogens (primary N) is 1. The maximum atomic E-state index is 11.8. The fraction of sp³-hybridized carbons (Fsp3) is 0.941. The Hall–Kier alpha value is -0.810. The molecule has 7 N–H and O–H groups in total. The van der Waals surface area contributed by atoms with E-state index in [9.17, 15) is 20.1 Å². The van der Waals surface area contributed by atoms with Crippen LogP contribution in [0.2, 0.25) is 0 Å². The molecule has 6 atom stereocenters. The van der Waals surface area contributed by atoms with Crippen molar-refractivity contribution in [2.45, 2.75) is 82.2 Å². The summed E-state index contributed by atoms with van der Waals surface area (Å²) in [5.74, 6) is -0.0157. The first-order valence-electron chi connectivity index (χ1n) is 9.32. The van der Waals surface area contributed by atoms with Crippen LogP contribution >= 0.6 is 0 Å². The van der Waals surface area contributed by atoms with Crippen LogP contribution in [0.15, 0.2) is 0 Å². The zero-order valence-electron chi connectivity index (χ0n) is 15.4. The quantitative estimate of drug-likeness (QED) is 0.227. The molecule has 0 aromatic rings. The molecule has 0 bridgehead atoms.